The van der Waals surface area contributed by atoms with E-state index < -0.39 is 59.5 Å². The minimum atomic E-state index is -1.10. The molecule has 0 spiro atoms. The molecular formula is C60H90Cl4N8O12. The lowest BCUT2D eigenvalue weighted by atomic mass is 10.1. The van der Waals surface area contributed by atoms with Crippen molar-refractivity contribution in [2.24, 2.45) is 0 Å². The Kier molecular flexibility index (Phi) is 31.8. The molecule has 6 amide bonds. The average Bonchev–Trinajstić information content (AvgIpc) is 3.73. The second-order valence-electron chi connectivity index (χ2n) is 22.9. The fourth-order valence-electron chi connectivity index (χ4n) is 9.64. The number of anilines is 2. The molecule has 4 atom stereocenters. The van der Waals surface area contributed by atoms with E-state index in [0.29, 0.717) is 62.8 Å². The van der Waals surface area contributed by atoms with Gasteiger partial charge in [0.1, 0.15) is 36.5 Å². The van der Waals surface area contributed by atoms with Crippen LogP contribution < -0.4 is 31.1 Å². The Hall–Kier alpha value is -5.12. The van der Waals surface area contributed by atoms with Crippen LogP contribution in [0.2, 0.25) is 0 Å². The predicted molar refractivity (Wildman–Crippen MR) is 328 cm³/mol. The molecule has 0 saturated carbocycles. The molecule has 84 heavy (non-hydrogen) atoms. The van der Waals surface area contributed by atoms with Crippen molar-refractivity contribution in [1.82, 2.24) is 31.1 Å². The van der Waals surface area contributed by atoms with Gasteiger partial charge in [-0.2, -0.15) is 0 Å². The summed E-state index contributed by atoms with van der Waals surface area (Å²) < 4.78 is 21.9. The second kappa shape index (κ2) is 37.4. The van der Waals surface area contributed by atoms with Crippen LogP contribution in [0, 0.1) is 0 Å². The average molecular weight is 1260 g/mol. The summed E-state index contributed by atoms with van der Waals surface area (Å²) >= 11 is 23.9. The number of alkyl carbamates (subject to hydrolysis) is 2. The number of hydrogen-bond donors (Lipinski definition) is 4. The van der Waals surface area contributed by atoms with Gasteiger partial charge in [0.25, 0.3) is 0 Å². The third-order valence-electron chi connectivity index (χ3n) is 13.8. The zero-order valence-corrected chi connectivity index (χ0v) is 53.0. The molecule has 2 aliphatic heterocycles. The molecule has 2 heterocycles. The Morgan fingerprint density at radius 2 is 0.821 bits per heavy atom. The Morgan fingerprint density at radius 3 is 1.12 bits per heavy atom. The first-order valence-corrected chi connectivity index (χ1v) is 31.6. The van der Waals surface area contributed by atoms with Crippen molar-refractivity contribution >= 4 is 106 Å². The van der Waals surface area contributed by atoms with Gasteiger partial charge in [-0.25, -0.2) is 19.2 Å². The fraction of sp³-hybridized carbons (Fsp3) is 0.667. The van der Waals surface area contributed by atoms with Crippen molar-refractivity contribution in [3.8, 4) is 0 Å². The lowest BCUT2D eigenvalue weighted by molar-refractivity contribution is -0.149. The van der Waals surface area contributed by atoms with Gasteiger partial charge in [-0.05, 0) is 103 Å². The largest absolute Gasteiger partial charge is 0.462 e. The Bertz CT molecular complexity index is 2220. The Morgan fingerprint density at radius 1 is 0.512 bits per heavy atom. The first-order chi connectivity index (χ1) is 40.1. The lowest BCUT2D eigenvalue weighted by Gasteiger charge is -2.24. The summed E-state index contributed by atoms with van der Waals surface area (Å²) in [5, 5.41) is 11.7. The topological polar surface area (TPSA) is 235 Å². The number of ether oxygens (including phenoxy) is 4. The van der Waals surface area contributed by atoms with E-state index >= 15 is 0 Å². The van der Waals surface area contributed by atoms with Gasteiger partial charge in [-0.15, -0.1) is 46.4 Å². The van der Waals surface area contributed by atoms with Gasteiger partial charge in [0.15, 0.2) is 0 Å². The van der Waals surface area contributed by atoms with E-state index in [-0.39, 0.29) is 75.6 Å². The van der Waals surface area contributed by atoms with Crippen molar-refractivity contribution in [2.45, 2.75) is 167 Å². The van der Waals surface area contributed by atoms with Gasteiger partial charge in [-0.1, -0.05) is 75.6 Å². The van der Waals surface area contributed by atoms with Gasteiger partial charge in [0.2, 0.25) is 23.6 Å². The molecule has 2 aromatic rings. The smallest absolute Gasteiger partial charge is 0.408 e. The molecular weight excluding hydrogens is 1170 g/mol. The fourth-order valence-corrected chi connectivity index (χ4v) is 10.5. The third kappa shape index (κ3) is 26.2. The molecule has 0 aromatic heterocycles. The molecule has 20 nitrogen and oxygen atoms in total. The van der Waals surface area contributed by atoms with Crippen molar-refractivity contribution in [3.05, 3.63) is 59.7 Å². The molecule has 0 aliphatic carbocycles. The van der Waals surface area contributed by atoms with Crippen LogP contribution >= 0.6 is 46.4 Å². The molecule has 2 unspecified atom stereocenters. The zero-order valence-electron chi connectivity index (χ0n) is 49.9. The van der Waals surface area contributed by atoms with Crippen molar-refractivity contribution < 1.29 is 57.3 Å². The molecule has 24 heteroatoms. The highest BCUT2D eigenvalue weighted by Gasteiger charge is 2.40. The highest BCUT2D eigenvalue weighted by molar-refractivity contribution is 6.19. The number of carbonyl (C=O) groups excluding carboxylic acids is 8. The summed E-state index contributed by atoms with van der Waals surface area (Å²) in [6.07, 6.45) is 8.89. The van der Waals surface area contributed by atoms with Crippen LogP contribution in [0.25, 0.3) is 0 Å². The highest BCUT2D eigenvalue weighted by Crippen LogP contribution is 2.21. The molecule has 2 aliphatic rings. The number of likely N-dealkylation sites (tertiary alicyclic amines) is 2. The Labute approximate surface area is 516 Å². The molecule has 4 rings (SSSR count). The van der Waals surface area contributed by atoms with E-state index in [4.69, 9.17) is 65.4 Å². The van der Waals surface area contributed by atoms with Crippen molar-refractivity contribution in [3.63, 3.8) is 0 Å². The van der Waals surface area contributed by atoms with Crippen LogP contribution in [0.4, 0.5) is 21.0 Å². The number of imide groups is 2. The van der Waals surface area contributed by atoms with Gasteiger partial charge in [-0.3, -0.25) is 29.0 Å². The van der Waals surface area contributed by atoms with Crippen LogP contribution in [0.3, 0.4) is 0 Å². The predicted octanol–water partition coefficient (Wildman–Crippen LogP) is 8.25. The molecule has 2 aromatic carbocycles. The molecule has 470 valence electrons. The number of nitrogens with one attached hydrogen (secondary N) is 4. The maximum Gasteiger partial charge on any atom is 0.408 e. The number of carbonyl (C=O) groups is 8. The third-order valence-corrected chi connectivity index (χ3v) is 14.5. The number of unbranched alkanes of at least 4 members (excludes halogenated alkanes) is 9. The first-order valence-electron chi connectivity index (χ1n) is 29.4. The minimum Gasteiger partial charge on any atom is -0.462 e. The maximum atomic E-state index is 13.4. The van der Waals surface area contributed by atoms with Gasteiger partial charge in [0, 0.05) is 73.9 Å². The van der Waals surface area contributed by atoms with Crippen LogP contribution in [0.5, 0.6) is 0 Å². The molecule has 2 saturated heterocycles. The normalized spacial score (nSPS) is 16.2. The maximum absolute atomic E-state index is 13.4. The van der Waals surface area contributed by atoms with E-state index in [0.717, 1.165) is 96.5 Å². The van der Waals surface area contributed by atoms with Gasteiger partial charge < -0.3 is 50.0 Å². The number of benzene rings is 2. The lowest BCUT2D eigenvalue weighted by Crippen LogP contribution is -2.46. The number of esters is 2. The summed E-state index contributed by atoms with van der Waals surface area (Å²) in [5.74, 6) is -1.15. The number of hydrogen-bond acceptors (Lipinski definition) is 16. The summed E-state index contributed by atoms with van der Waals surface area (Å²) in [6.45, 7) is 13.2. The number of rotatable bonds is 39. The van der Waals surface area contributed by atoms with Crippen molar-refractivity contribution in [2.75, 3.05) is 98.9 Å². The SMILES string of the molecule is CC(C)(C)OC(=O)N[C@@H](Cc1ccc(N(CCCl)CCCl)cc1)C(=O)OCCN1C(=O)CC(NCCCCCCCCCCCCNC2CC(=O)N(CCOC(=O)[C@H](Cc3ccc(N(CCCl)CCCl)cc3)NC(=O)OC(C)(C)C)C2=O)C1=O. The zero-order chi connectivity index (χ0) is 61.7. The van der Waals surface area contributed by atoms with E-state index in [2.05, 4.69) is 21.3 Å². The summed E-state index contributed by atoms with van der Waals surface area (Å²) in [4.78, 5) is 111. The monoisotopic (exact) mass is 1250 g/mol. The minimum absolute atomic E-state index is 0.0256. The second-order valence-corrected chi connectivity index (χ2v) is 24.4. The molecule has 0 bridgehead atoms. The van der Waals surface area contributed by atoms with Crippen molar-refractivity contribution in [1.29, 1.82) is 0 Å². The quantitative estimate of drug-likeness (QED) is 0.0162. The van der Waals surface area contributed by atoms with Gasteiger partial charge >= 0.3 is 24.1 Å². The summed E-state index contributed by atoms with van der Waals surface area (Å²) in [6, 6.07) is 11.5. The molecule has 4 N–H and O–H groups in total. The first kappa shape index (κ1) is 71.4. The number of amides is 6. The van der Waals surface area contributed by atoms with Gasteiger partial charge in [0.05, 0.1) is 38.0 Å². The number of halogens is 4. The van der Waals surface area contributed by atoms with E-state index in [1.165, 1.54) is 0 Å². The van der Waals surface area contributed by atoms with Crippen LogP contribution in [-0.2, 0) is 60.6 Å². The van der Waals surface area contributed by atoms with E-state index in [1.54, 1.807) is 41.5 Å². The number of alkyl halides is 4. The Balaban J connectivity index is 1.06. The molecule has 0 radical (unpaired) electrons. The summed E-state index contributed by atoms with van der Waals surface area (Å²) in [5.41, 5.74) is 1.74. The summed E-state index contributed by atoms with van der Waals surface area (Å²) in [7, 11) is 0. The van der Waals surface area contributed by atoms with E-state index in [1.807, 2.05) is 58.3 Å². The van der Waals surface area contributed by atoms with Crippen LogP contribution in [0.1, 0.15) is 130 Å². The van der Waals surface area contributed by atoms with Crippen LogP contribution in [-0.4, -0.2) is 182 Å². The van der Waals surface area contributed by atoms with Crippen LogP contribution in [0.15, 0.2) is 48.5 Å². The number of nitrogens with zero attached hydrogens (tertiary/aromatic N) is 4. The standard InChI is InChI=1S/C60H90Cl4N8O12/c1-59(2,3)83-57(79)67-49(39-43-17-21-45(22-18-43)69(31-25-61)32-26-62)55(77)81-37-35-71-51(73)41-47(53(71)75)65-29-15-13-11-9-7-8-10-12-14-16-30-66-48-42-52(74)72(54(48)76)36-38-82-56(78)50(68-58(80)84-60(4,5)6)40-44-19-23-46(24-20-44)70(33-27-63)34-28-64/h17-24,47-50,65-66H,7-16,25-42H2,1-6H3,(H,67,79)(H,68,80)/t47?,48?,49-,50-/m0/s1. The highest BCUT2D eigenvalue weighted by atomic mass is 35.5. The molecule has 2 fully saturated rings. The van der Waals surface area contributed by atoms with E-state index in [9.17, 15) is 38.4 Å².